The molecule has 1 aromatic carbocycles. The summed E-state index contributed by atoms with van der Waals surface area (Å²) in [6.45, 7) is 7.39. The molecule has 1 aromatic rings. The van der Waals surface area contributed by atoms with Gasteiger partial charge in [0.2, 0.25) is 5.91 Å². The van der Waals surface area contributed by atoms with Crippen LogP contribution in [0, 0.1) is 18.8 Å². The predicted molar refractivity (Wildman–Crippen MR) is 78.5 cm³/mol. The lowest BCUT2D eigenvalue weighted by Gasteiger charge is -2.20. The SMILES string of the molecule is Cc1ccc(CC(C)C(=O)N[C@@H](C(=O)O)C(C)C)cc1. The summed E-state index contributed by atoms with van der Waals surface area (Å²) in [5.74, 6) is -1.59. The van der Waals surface area contributed by atoms with Crippen molar-refractivity contribution in [3.05, 3.63) is 35.4 Å². The molecule has 1 amide bonds. The molecule has 20 heavy (non-hydrogen) atoms. The largest absolute Gasteiger partial charge is 0.480 e. The number of benzene rings is 1. The molecule has 110 valence electrons. The molecule has 0 heterocycles. The Kier molecular flexibility index (Phi) is 5.74. The van der Waals surface area contributed by atoms with Gasteiger partial charge in [-0.3, -0.25) is 4.79 Å². The Balaban J connectivity index is 2.62. The minimum Gasteiger partial charge on any atom is -0.480 e. The molecule has 1 rings (SSSR count). The van der Waals surface area contributed by atoms with Gasteiger partial charge in [0.1, 0.15) is 6.04 Å². The molecular weight excluding hydrogens is 254 g/mol. The normalized spacial score (nSPS) is 13.8. The summed E-state index contributed by atoms with van der Waals surface area (Å²) < 4.78 is 0. The lowest BCUT2D eigenvalue weighted by Crippen LogP contribution is -2.46. The van der Waals surface area contributed by atoms with E-state index in [9.17, 15) is 9.59 Å². The van der Waals surface area contributed by atoms with Crippen LogP contribution in [-0.4, -0.2) is 23.0 Å². The Bertz CT molecular complexity index is 465. The van der Waals surface area contributed by atoms with Crippen LogP contribution in [0.15, 0.2) is 24.3 Å². The van der Waals surface area contributed by atoms with Crippen molar-refractivity contribution in [1.82, 2.24) is 5.32 Å². The molecule has 0 fully saturated rings. The first-order valence-electron chi connectivity index (χ1n) is 6.90. The molecular formula is C16H23NO3. The van der Waals surface area contributed by atoms with E-state index in [-0.39, 0.29) is 17.7 Å². The van der Waals surface area contributed by atoms with Crippen LogP contribution in [0.1, 0.15) is 31.9 Å². The van der Waals surface area contributed by atoms with Gasteiger partial charge in [-0.2, -0.15) is 0 Å². The third kappa shape index (κ3) is 4.68. The molecule has 0 saturated heterocycles. The maximum Gasteiger partial charge on any atom is 0.326 e. The third-order valence-electron chi connectivity index (χ3n) is 3.34. The fourth-order valence-corrected chi connectivity index (χ4v) is 1.98. The molecule has 2 atom stereocenters. The molecule has 0 bridgehead atoms. The number of hydrogen-bond donors (Lipinski definition) is 2. The first-order valence-corrected chi connectivity index (χ1v) is 6.90. The van der Waals surface area contributed by atoms with Gasteiger partial charge in [-0.05, 0) is 24.8 Å². The number of hydrogen-bond acceptors (Lipinski definition) is 2. The molecule has 0 spiro atoms. The average molecular weight is 277 g/mol. The quantitative estimate of drug-likeness (QED) is 0.839. The van der Waals surface area contributed by atoms with Gasteiger partial charge in [-0.25, -0.2) is 4.79 Å². The second-order valence-electron chi connectivity index (χ2n) is 5.66. The van der Waals surface area contributed by atoms with E-state index in [0.29, 0.717) is 6.42 Å². The second kappa shape index (κ2) is 7.08. The van der Waals surface area contributed by atoms with Crippen LogP contribution in [-0.2, 0) is 16.0 Å². The maximum absolute atomic E-state index is 12.1. The Morgan fingerprint density at radius 2 is 1.70 bits per heavy atom. The van der Waals surface area contributed by atoms with Gasteiger partial charge in [0, 0.05) is 5.92 Å². The van der Waals surface area contributed by atoms with Crippen LogP contribution >= 0.6 is 0 Å². The zero-order valence-electron chi connectivity index (χ0n) is 12.5. The minimum atomic E-state index is -0.990. The number of aliphatic carboxylic acids is 1. The van der Waals surface area contributed by atoms with Crippen LogP contribution in [0.4, 0.5) is 0 Å². The van der Waals surface area contributed by atoms with Crippen molar-refractivity contribution >= 4 is 11.9 Å². The average Bonchev–Trinajstić information content (AvgIpc) is 2.37. The molecule has 0 aromatic heterocycles. The van der Waals surface area contributed by atoms with Gasteiger partial charge in [-0.1, -0.05) is 50.6 Å². The molecule has 0 aliphatic rings. The lowest BCUT2D eigenvalue weighted by molar-refractivity contribution is -0.143. The zero-order chi connectivity index (χ0) is 15.3. The number of carbonyl (C=O) groups is 2. The molecule has 2 N–H and O–H groups in total. The maximum atomic E-state index is 12.1. The van der Waals surface area contributed by atoms with Crippen molar-refractivity contribution in [3.63, 3.8) is 0 Å². The summed E-state index contributed by atoms with van der Waals surface area (Å²) in [6.07, 6.45) is 0.608. The molecule has 1 unspecified atom stereocenters. The van der Waals surface area contributed by atoms with Gasteiger partial charge >= 0.3 is 5.97 Å². The highest BCUT2D eigenvalue weighted by Crippen LogP contribution is 2.11. The highest BCUT2D eigenvalue weighted by atomic mass is 16.4. The first-order chi connectivity index (χ1) is 9.31. The van der Waals surface area contributed by atoms with Crippen molar-refractivity contribution in [2.75, 3.05) is 0 Å². The van der Waals surface area contributed by atoms with Crippen molar-refractivity contribution in [3.8, 4) is 0 Å². The number of carbonyl (C=O) groups excluding carboxylic acids is 1. The molecule has 0 aliphatic carbocycles. The fourth-order valence-electron chi connectivity index (χ4n) is 1.98. The Hall–Kier alpha value is -1.84. The second-order valence-corrected chi connectivity index (χ2v) is 5.66. The summed E-state index contributed by atoms with van der Waals surface area (Å²) in [6, 6.07) is 7.18. The van der Waals surface area contributed by atoms with E-state index in [1.54, 1.807) is 13.8 Å². The Morgan fingerprint density at radius 3 is 2.15 bits per heavy atom. The highest BCUT2D eigenvalue weighted by Gasteiger charge is 2.25. The van der Waals surface area contributed by atoms with Crippen molar-refractivity contribution in [2.24, 2.45) is 11.8 Å². The Labute approximate surface area is 120 Å². The van der Waals surface area contributed by atoms with Gasteiger partial charge in [0.25, 0.3) is 0 Å². The van der Waals surface area contributed by atoms with E-state index >= 15 is 0 Å². The van der Waals surface area contributed by atoms with E-state index < -0.39 is 12.0 Å². The lowest BCUT2D eigenvalue weighted by atomic mass is 9.98. The first kappa shape index (κ1) is 16.2. The van der Waals surface area contributed by atoms with Crippen LogP contribution < -0.4 is 5.32 Å². The third-order valence-corrected chi connectivity index (χ3v) is 3.34. The van der Waals surface area contributed by atoms with Gasteiger partial charge in [-0.15, -0.1) is 0 Å². The monoisotopic (exact) mass is 277 g/mol. The fraction of sp³-hybridized carbons (Fsp3) is 0.500. The standard InChI is InChI=1S/C16H23NO3/c1-10(2)14(16(19)20)17-15(18)12(4)9-13-7-5-11(3)6-8-13/h5-8,10,12,14H,9H2,1-4H3,(H,17,18)(H,19,20)/t12?,14-/m1/s1. The number of rotatable bonds is 6. The summed E-state index contributed by atoms with van der Waals surface area (Å²) in [5.41, 5.74) is 2.26. The molecule has 4 nitrogen and oxygen atoms in total. The van der Waals surface area contributed by atoms with Crippen LogP contribution in [0.3, 0.4) is 0 Å². The Morgan fingerprint density at radius 1 is 1.15 bits per heavy atom. The van der Waals surface area contributed by atoms with E-state index in [1.807, 2.05) is 38.1 Å². The van der Waals surface area contributed by atoms with Crippen LogP contribution in [0.5, 0.6) is 0 Å². The van der Waals surface area contributed by atoms with Gasteiger partial charge < -0.3 is 10.4 Å². The van der Waals surface area contributed by atoms with E-state index in [0.717, 1.165) is 5.56 Å². The van der Waals surface area contributed by atoms with Crippen LogP contribution in [0.25, 0.3) is 0 Å². The summed E-state index contributed by atoms with van der Waals surface area (Å²) in [4.78, 5) is 23.1. The number of aryl methyl sites for hydroxylation is 1. The van der Waals surface area contributed by atoms with Gasteiger partial charge in [0.05, 0.1) is 0 Å². The zero-order valence-corrected chi connectivity index (χ0v) is 12.5. The summed E-state index contributed by atoms with van der Waals surface area (Å²) in [7, 11) is 0. The van der Waals surface area contributed by atoms with Crippen LogP contribution in [0.2, 0.25) is 0 Å². The van der Waals surface area contributed by atoms with E-state index in [2.05, 4.69) is 5.32 Å². The predicted octanol–water partition coefficient (Wildman–Crippen LogP) is 2.40. The minimum absolute atomic E-state index is 0.136. The molecule has 0 aliphatic heterocycles. The molecule has 0 saturated carbocycles. The number of carboxylic acid groups (broad SMARTS) is 1. The van der Waals surface area contributed by atoms with Crippen molar-refractivity contribution in [1.29, 1.82) is 0 Å². The smallest absolute Gasteiger partial charge is 0.326 e. The van der Waals surface area contributed by atoms with E-state index in [4.69, 9.17) is 5.11 Å². The van der Waals surface area contributed by atoms with Crippen molar-refractivity contribution < 1.29 is 14.7 Å². The molecule has 4 heteroatoms. The summed E-state index contributed by atoms with van der Waals surface area (Å²) in [5, 5.41) is 11.7. The van der Waals surface area contributed by atoms with Gasteiger partial charge in [0.15, 0.2) is 0 Å². The van der Waals surface area contributed by atoms with Crippen molar-refractivity contribution in [2.45, 2.75) is 40.2 Å². The van der Waals surface area contributed by atoms with E-state index in [1.165, 1.54) is 5.56 Å². The summed E-state index contributed by atoms with van der Waals surface area (Å²) >= 11 is 0. The topological polar surface area (TPSA) is 66.4 Å². The number of nitrogens with one attached hydrogen (secondary N) is 1. The number of carboxylic acids is 1. The highest BCUT2D eigenvalue weighted by molar-refractivity contribution is 5.85. The number of amides is 1. The molecule has 0 radical (unpaired) electrons.